The van der Waals surface area contributed by atoms with Crippen LogP contribution < -0.4 is 4.90 Å². The third-order valence-electron chi connectivity index (χ3n) is 12.4. The van der Waals surface area contributed by atoms with Crippen molar-refractivity contribution in [2.45, 2.75) is 19.3 Å². The Morgan fingerprint density at radius 3 is 1.69 bits per heavy atom. The Morgan fingerprint density at radius 1 is 0.373 bits per heavy atom. The van der Waals surface area contributed by atoms with E-state index in [0.717, 1.165) is 28.3 Å². The molecule has 280 valence electrons. The molecular formula is C57H42N2. The van der Waals surface area contributed by atoms with Gasteiger partial charge in [-0.2, -0.15) is 0 Å². The summed E-state index contributed by atoms with van der Waals surface area (Å²) < 4.78 is 2.45. The lowest BCUT2D eigenvalue weighted by molar-refractivity contribution is 0.660. The highest BCUT2D eigenvalue weighted by molar-refractivity contribution is 6.16. The number of aromatic nitrogens is 1. The molecule has 1 aliphatic rings. The summed E-state index contributed by atoms with van der Waals surface area (Å²) in [6, 6.07) is 79.7. The van der Waals surface area contributed by atoms with Gasteiger partial charge in [-0.3, -0.25) is 0 Å². The normalized spacial score (nSPS) is 12.7. The zero-order chi connectivity index (χ0) is 39.5. The van der Waals surface area contributed by atoms with Gasteiger partial charge in [0.15, 0.2) is 0 Å². The summed E-state index contributed by atoms with van der Waals surface area (Å²) in [5.41, 5.74) is 19.4. The van der Waals surface area contributed by atoms with Crippen molar-refractivity contribution in [1.29, 1.82) is 0 Å². The largest absolute Gasteiger partial charge is 0.310 e. The van der Waals surface area contributed by atoms with Gasteiger partial charge in [-0.05, 0) is 93.0 Å². The van der Waals surface area contributed by atoms with Crippen LogP contribution in [0.5, 0.6) is 0 Å². The Morgan fingerprint density at radius 2 is 0.915 bits per heavy atom. The molecule has 0 radical (unpaired) electrons. The van der Waals surface area contributed by atoms with Crippen LogP contribution in [0.2, 0.25) is 0 Å². The highest BCUT2D eigenvalue weighted by Gasteiger charge is 2.36. The molecule has 0 spiro atoms. The van der Waals surface area contributed by atoms with Crippen LogP contribution in [0.4, 0.5) is 17.1 Å². The number of hydrogen-bond acceptors (Lipinski definition) is 1. The van der Waals surface area contributed by atoms with E-state index in [4.69, 9.17) is 0 Å². The molecule has 1 heterocycles. The molecule has 1 aromatic heterocycles. The predicted molar refractivity (Wildman–Crippen MR) is 249 cm³/mol. The van der Waals surface area contributed by atoms with E-state index >= 15 is 0 Å². The van der Waals surface area contributed by atoms with Crippen LogP contribution in [0, 0.1) is 0 Å². The van der Waals surface area contributed by atoms with Crippen molar-refractivity contribution >= 4 is 38.9 Å². The zero-order valence-corrected chi connectivity index (χ0v) is 33.2. The van der Waals surface area contributed by atoms with E-state index in [1.165, 1.54) is 71.9 Å². The second-order valence-corrected chi connectivity index (χ2v) is 16.1. The quantitative estimate of drug-likeness (QED) is 0.157. The smallest absolute Gasteiger partial charge is 0.0547 e. The number of rotatable bonds is 7. The highest BCUT2D eigenvalue weighted by atomic mass is 15.1. The Hall–Kier alpha value is -7.42. The van der Waals surface area contributed by atoms with Gasteiger partial charge in [0.2, 0.25) is 0 Å². The zero-order valence-electron chi connectivity index (χ0n) is 33.2. The van der Waals surface area contributed by atoms with Crippen LogP contribution in [0.3, 0.4) is 0 Å². The average Bonchev–Trinajstić information content (AvgIpc) is 3.76. The van der Waals surface area contributed by atoms with E-state index in [0.29, 0.717) is 0 Å². The summed E-state index contributed by atoms with van der Waals surface area (Å²) in [6.45, 7) is 4.71. The van der Waals surface area contributed by atoms with E-state index in [1.807, 2.05) is 0 Å². The summed E-state index contributed by atoms with van der Waals surface area (Å²) in [4.78, 5) is 2.44. The van der Waals surface area contributed by atoms with Gasteiger partial charge in [-0.1, -0.05) is 184 Å². The number of para-hydroxylation sites is 3. The van der Waals surface area contributed by atoms with Crippen molar-refractivity contribution in [1.82, 2.24) is 4.57 Å². The number of benzene rings is 9. The average molecular weight is 755 g/mol. The van der Waals surface area contributed by atoms with Gasteiger partial charge in [0.25, 0.3) is 0 Å². The molecule has 0 unspecified atom stereocenters. The van der Waals surface area contributed by atoms with Crippen molar-refractivity contribution in [3.8, 4) is 50.2 Å². The second-order valence-electron chi connectivity index (χ2n) is 16.1. The molecule has 11 rings (SSSR count). The number of nitrogens with zero attached hydrogens (tertiary/aromatic N) is 2. The van der Waals surface area contributed by atoms with Crippen molar-refractivity contribution in [3.63, 3.8) is 0 Å². The van der Waals surface area contributed by atoms with E-state index in [9.17, 15) is 0 Å². The van der Waals surface area contributed by atoms with Crippen molar-refractivity contribution < 1.29 is 0 Å². The maximum Gasteiger partial charge on any atom is 0.0547 e. The maximum atomic E-state index is 2.45. The first-order chi connectivity index (χ1) is 29.1. The van der Waals surface area contributed by atoms with Gasteiger partial charge in [0.05, 0.1) is 22.4 Å². The van der Waals surface area contributed by atoms with E-state index < -0.39 is 0 Å². The molecule has 2 nitrogen and oxygen atoms in total. The first kappa shape index (κ1) is 34.8. The molecule has 0 aliphatic heterocycles. The van der Waals surface area contributed by atoms with Gasteiger partial charge in [-0.15, -0.1) is 0 Å². The highest BCUT2D eigenvalue weighted by Crippen LogP contribution is 2.51. The monoisotopic (exact) mass is 754 g/mol. The lowest BCUT2D eigenvalue weighted by atomic mass is 9.82. The van der Waals surface area contributed by atoms with Crippen molar-refractivity contribution in [3.05, 3.63) is 230 Å². The van der Waals surface area contributed by atoms with Crippen LogP contribution in [0.1, 0.15) is 25.0 Å². The Kier molecular flexibility index (Phi) is 8.20. The van der Waals surface area contributed by atoms with E-state index in [1.54, 1.807) is 0 Å². The lowest BCUT2D eigenvalue weighted by Crippen LogP contribution is -2.16. The summed E-state index contributed by atoms with van der Waals surface area (Å²) >= 11 is 0. The molecule has 0 bridgehead atoms. The van der Waals surface area contributed by atoms with Crippen LogP contribution in [-0.2, 0) is 5.41 Å². The topological polar surface area (TPSA) is 8.17 Å². The Bertz CT molecular complexity index is 3170. The standard InChI is InChI=1S/C57H42N2/c1-57(2)50-27-13-9-24-47(50)48-37-36-43(38-51(48)57)58(52-28-14-10-22-44(52)39-18-5-3-6-19-39)42-34-32-41(33-35-42)45-23-11-15-29-53(45)59-54-30-16-12-25-49(54)56-46(26-17-31-55(56)59)40-20-7-4-8-21-40/h3-38H,1-2H3. The van der Waals surface area contributed by atoms with E-state index in [-0.39, 0.29) is 5.41 Å². The minimum absolute atomic E-state index is 0.116. The number of anilines is 3. The predicted octanol–water partition coefficient (Wildman–Crippen LogP) is 15.6. The lowest BCUT2D eigenvalue weighted by Gasteiger charge is -2.30. The van der Waals surface area contributed by atoms with Gasteiger partial charge in [0, 0.05) is 38.7 Å². The summed E-state index contributed by atoms with van der Waals surface area (Å²) in [5.74, 6) is 0. The van der Waals surface area contributed by atoms with Gasteiger partial charge in [-0.25, -0.2) is 0 Å². The van der Waals surface area contributed by atoms with E-state index in [2.05, 4.69) is 242 Å². The molecule has 0 atom stereocenters. The SMILES string of the molecule is CC1(C)c2ccccc2-c2ccc(N(c3ccc(-c4ccccc4-n4c5ccccc5c5c(-c6ccccc6)cccc54)cc3)c3ccccc3-c3ccccc3)cc21. The molecule has 0 saturated heterocycles. The molecule has 10 aromatic rings. The second kappa shape index (κ2) is 13.9. The van der Waals surface area contributed by atoms with Crippen LogP contribution in [-0.4, -0.2) is 4.57 Å². The minimum Gasteiger partial charge on any atom is -0.310 e. The van der Waals surface area contributed by atoms with Crippen LogP contribution in [0.15, 0.2) is 218 Å². The summed E-state index contributed by atoms with van der Waals surface area (Å²) in [6.07, 6.45) is 0. The summed E-state index contributed by atoms with van der Waals surface area (Å²) in [5, 5.41) is 2.52. The molecule has 0 N–H and O–H groups in total. The molecule has 59 heavy (non-hydrogen) atoms. The van der Waals surface area contributed by atoms with Gasteiger partial charge >= 0.3 is 0 Å². The Balaban J connectivity index is 1.07. The molecule has 0 saturated carbocycles. The molecular weight excluding hydrogens is 713 g/mol. The Labute approximate surface area is 345 Å². The fourth-order valence-electron chi connectivity index (χ4n) is 9.63. The molecule has 2 heteroatoms. The maximum absolute atomic E-state index is 2.45. The molecule has 9 aromatic carbocycles. The fourth-order valence-corrected chi connectivity index (χ4v) is 9.63. The molecule has 1 aliphatic carbocycles. The number of hydrogen-bond donors (Lipinski definition) is 0. The minimum atomic E-state index is -0.116. The fraction of sp³-hybridized carbons (Fsp3) is 0.0526. The molecule has 0 fully saturated rings. The van der Waals surface area contributed by atoms with Crippen molar-refractivity contribution in [2.75, 3.05) is 4.90 Å². The third kappa shape index (κ3) is 5.63. The number of fused-ring (bicyclic) bond motifs is 6. The van der Waals surface area contributed by atoms with Gasteiger partial charge < -0.3 is 9.47 Å². The summed E-state index contributed by atoms with van der Waals surface area (Å²) in [7, 11) is 0. The first-order valence-corrected chi connectivity index (χ1v) is 20.5. The van der Waals surface area contributed by atoms with Gasteiger partial charge in [0.1, 0.15) is 0 Å². The molecule has 0 amide bonds. The van der Waals surface area contributed by atoms with Crippen molar-refractivity contribution in [2.24, 2.45) is 0 Å². The first-order valence-electron chi connectivity index (χ1n) is 20.5. The van der Waals surface area contributed by atoms with Crippen LogP contribution in [0.25, 0.3) is 72.0 Å². The third-order valence-corrected chi connectivity index (χ3v) is 12.4. The van der Waals surface area contributed by atoms with Crippen LogP contribution >= 0.6 is 0 Å².